The van der Waals surface area contributed by atoms with Gasteiger partial charge in [0.1, 0.15) is 5.75 Å². The van der Waals surface area contributed by atoms with Crippen molar-refractivity contribution in [2.24, 2.45) is 0 Å². The van der Waals surface area contributed by atoms with Crippen LogP contribution in [0.2, 0.25) is 5.02 Å². The number of aromatic hydroxyl groups is 1. The zero-order valence-corrected chi connectivity index (χ0v) is 12.0. The molecule has 1 aromatic rings. The highest BCUT2D eigenvalue weighted by Gasteiger charge is 2.25. The first-order valence-electron chi connectivity index (χ1n) is 6.43. The van der Waals surface area contributed by atoms with Crippen molar-refractivity contribution in [3.05, 3.63) is 28.8 Å². The van der Waals surface area contributed by atoms with Gasteiger partial charge in [-0.05, 0) is 45.1 Å². The Balaban J connectivity index is 2.07. The summed E-state index contributed by atoms with van der Waals surface area (Å²) in [5.74, 6) is -0.0333. The van der Waals surface area contributed by atoms with Crippen molar-refractivity contribution in [1.82, 2.24) is 9.80 Å². The second-order valence-corrected chi connectivity index (χ2v) is 5.56. The molecule has 0 aromatic heterocycles. The Morgan fingerprint density at radius 1 is 1.37 bits per heavy atom. The first kappa shape index (κ1) is 14.2. The SMILES string of the molecule is CN(C)C1CCN(C(=O)c2cc(O)ccc2Cl)CC1. The number of halogens is 1. The van der Waals surface area contributed by atoms with Crippen molar-refractivity contribution in [2.75, 3.05) is 27.2 Å². The van der Waals surface area contributed by atoms with Crippen LogP contribution in [-0.4, -0.2) is 54.0 Å². The normalized spacial score (nSPS) is 16.9. The van der Waals surface area contributed by atoms with Crippen LogP contribution in [0.4, 0.5) is 0 Å². The van der Waals surface area contributed by atoms with E-state index in [0.717, 1.165) is 25.9 Å². The van der Waals surface area contributed by atoms with Crippen LogP contribution >= 0.6 is 11.6 Å². The minimum absolute atomic E-state index is 0.0657. The Hall–Kier alpha value is -1.26. The first-order valence-corrected chi connectivity index (χ1v) is 6.81. The van der Waals surface area contributed by atoms with Crippen LogP contribution in [0.1, 0.15) is 23.2 Å². The molecule has 1 aliphatic rings. The number of carbonyl (C=O) groups is 1. The molecule has 1 saturated heterocycles. The minimum Gasteiger partial charge on any atom is -0.508 e. The molecule has 0 unspecified atom stereocenters. The van der Waals surface area contributed by atoms with Gasteiger partial charge in [0.2, 0.25) is 0 Å². The van der Waals surface area contributed by atoms with Crippen molar-refractivity contribution in [3.8, 4) is 5.75 Å². The van der Waals surface area contributed by atoms with Gasteiger partial charge in [0.15, 0.2) is 0 Å². The standard InChI is InChI=1S/C14H19ClN2O2/c1-16(2)10-5-7-17(8-6-10)14(19)12-9-11(18)3-4-13(12)15/h3-4,9-10,18H,5-8H2,1-2H3. The molecule has 0 spiro atoms. The first-order chi connectivity index (χ1) is 8.99. The molecule has 19 heavy (non-hydrogen) atoms. The van der Waals surface area contributed by atoms with Crippen molar-refractivity contribution >= 4 is 17.5 Å². The molecule has 1 N–H and O–H groups in total. The topological polar surface area (TPSA) is 43.8 Å². The van der Waals surface area contributed by atoms with Crippen LogP contribution in [0.15, 0.2) is 18.2 Å². The summed E-state index contributed by atoms with van der Waals surface area (Å²) in [5.41, 5.74) is 0.380. The molecule has 0 radical (unpaired) electrons. The van der Waals surface area contributed by atoms with E-state index >= 15 is 0 Å². The number of amides is 1. The van der Waals surface area contributed by atoms with E-state index in [9.17, 15) is 9.90 Å². The Morgan fingerprint density at radius 2 is 2.00 bits per heavy atom. The third-order valence-corrected chi connectivity index (χ3v) is 3.99. The van der Waals surface area contributed by atoms with Gasteiger partial charge in [-0.3, -0.25) is 4.79 Å². The maximum absolute atomic E-state index is 12.4. The van der Waals surface area contributed by atoms with E-state index in [1.54, 1.807) is 11.0 Å². The number of hydrogen-bond acceptors (Lipinski definition) is 3. The van der Waals surface area contributed by atoms with Gasteiger partial charge in [-0.25, -0.2) is 0 Å². The summed E-state index contributed by atoms with van der Waals surface area (Å²) in [7, 11) is 4.13. The lowest BCUT2D eigenvalue weighted by molar-refractivity contribution is 0.0663. The van der Waals surface area contributed by atoms with Crippen LogP contribution < -0.4 is 0 Å². The lowest BCUT2D eigenvalue weighted by Crippen LogP contribution is -2.44. The summed E-state index contributed by atoms with van der Waals surface area (Å²) >= 11 is 6.02. The van der Waals surface area contributed by atoms with Gasteiger partial charge >= 0.3 is 0 Å². The zero-order chi connectivity index (χ0) is 14.0. The van der Waals surface area contributed by atoms with Crippen molar-refractivity contribution in [1.29, 1.82) is 0 Å². The largest absolute Gasteiger partial charge is 0.508 e. The maximum atomic E-state index is 12.4. The molecule has 2 rings (SSSR count). The van der Waals surface area contributed by atoms with Crippen LogP contribution in [0.5, 0.6) is 5.75 Å². The lowest BCUT2D eigenvalue weighted by Gasteiger charge is -2.35. The van der Waals surface area contributed by atoms with E-state index in [-0.39, 0.29) is 11.7 Å². The van der Waals surface area contributed by atoms with Gasteiger partial charge in [-0.2, -0.15) is 0 Å². The summed E-state index contributed by atoms with van der Waals surface area (Å²) in [6.45, 7) is 1.46. The molecule has 0 atom stereocenters. The van der Waals surface area contributed by atoms with Crippen LogP contribution in [0, 0.1) is 0 Å². The van der Waals surface area contributed by atoms with Crippen LogP contribution in [0.25, 0.3) is 0 Å². The Bertz CT molecular complexity index is 469. The fourth-order valence-electron chi connectivity index (χ4n) is 2.43. The molecular weight excluding hydrogens is 264 g/mol. The van der Waals surface area contributed by atoms with Gasteiger partial charge in [0.05, 0.1) is 10.6 Å². The molecule has 1 amide bonds. The molecular formula is C14H19ClN2O2. The molecule has 104 valence electrons. The highest BCUT2D eigenvalue weighted by molar-refractivity contribution is 6.33. The molecule has 0 aliphatic carbocycles. The summed E-state index contributed by atoms with van der Waals surface area (Å²) in [6, 6.07) is 5.00. The number of hydrogen-bond donors (Lipinski definition) is 1. The highest BCUT2D eigenvalue weighted by atomic mass is 35.5. The average molecular weight is 283 g/mol. The minimum atomic E-state index is -0.0990. The molecule has 4 nitrogen and oxygen atoms in total. The number of benzene rings is 1. The average Bonchev–Trinajstić information content (AvgIpc) is 2.41. The molecule has 0 saturated carbocycles. The van der Waals surface area contributed by atoms with Gasteiger partial charge in [0.25, 0.3) is 5.91 Å². The van der Waals surface area contributed by atoms with Gasteiger partial charge in [-0.1, -0.05) is 11.6 Å². The fourth-order valence-corrected chi connectivity index (χ4v) is 2.63. The Labute approximate surface area is 118 Å². The molecule has 1 aliphatic heterocycles. The summed E-state index contributed by atoms with van der Waals surface area (Å²) < 4.78 is 0. The summed E-state index contributed by atoms with van der Waals surface area (Å²) in [4.78, 5) is 16.4. The number of phenolic OH excluding ortho intramolecular Hbond substituents is 1. The van der Waals surface area contributed by atoms with E-state index in [0.29, 0.717) is 16.6 Å². The number of rotatable bonds is 2. The third-order valence-electron chi connectivity index (χ3n) is 3.66. The number of phenols is 1. The monoisotopic (exact) mass is 282 g/mol. The van der Waals surface area contributed by atoms with E-state index < -0.39 is 0 Å². The van der Waals surface area contributed by atoms with E-state index in [4.69, 9.17) is 11.6 Å². The van der Waals surface area contributed by atoms with Crippen molar-refractivity contribution in [3.63, 3.8) is 0 Å². The smallest absolute Gasteiger partial charge is 0.255 e. The van der Waals surface area contributed by atoms with Crippen molar-refractivity contribution in [2.45, 2.75) is 18.9 Å². The predicted molar refractivity (Wildman–Crippen MR) is 75.7 cm³/mol. The number of nitrogens with zero attached hydrogens (tertiary/aromatic N) is 2. The molecule has 1 aromatic carbocycles. The second kappa shape index (κ2) is 5.80. The number of likely N-dealkylation sites (tertiary alicyclic amines) is 1. The van der Waals surface area contributed by atoms with Gasteiger partial charge in [0, 0.05) is 19.1 Å². The van der Waals surface area contributed by atoms with Gasteiger partial charge < -0.3 is 14.9 Å². The Kier molecular flexibility index (Phi) is 4.32. The molecule has 5 heteroatoms. The quantitative estimate of drug-likeness (QED) is 0.904. The van der Waals surface area contributed by atoms with Crippen LogP contribution in [-0.2, 0) is 0 Å². The van der Waals surface area contributed by atoms with E-state index in [1.807, 2.05) is 0 Å². The number of piperidine rings is 1. The summed E-state index contributed by atoms with van der Waals surface area (Å²) in [5, 5.41) is 9.85. The maximum Gasteiger partial charge on any atom is 0.255 e. The third kappa shape index (κ3) is 3.19. The van der Waals surface area contributed by atoms with Crippen molar-refractivity contribution < 1.29 is 9.90 Å². The zero-order valence-electron chi connectivity index (χ0n) is 11.3. The molecule has 1 fully saturated rings. The molecule has 1 heterocycles. The number of carbonyl (C=O) groups excluding carboxylic acids is 1. The van der Waals surface area contributed by atoms with Gasteiger partial charge in [-0.15, -0.1) is 0 Å². The highest BCUT2D eigenvalue weighted by Crippen LogP contribution is 2.24. The fraction of sp³-hybridized carbons (Fsp3) is 0.500. The van der Waals surface area contributed by atoms with E-state index in [2.05, 4.69) is 19.0 Å². The molecule has 0 bridgehead atoms. The second-order valence-electron chi connectivity index (χ2n) is 5.15. The van der Waals surface area contributed by atoms with Crippen LogP contribution in [0.3, 0.4) is 0 Å². The Morgan fingerprint density at radius 3 is 2.58 bits per heavy atom. The lowest BCUT2D eigenvalue weighted by atomic mass is 10.0. The summed E-state index contributed by atoms with van der Waals surface area (Å²) in [6.07, 6.45) is 1.93. The predicted octanol–water partition coefficient (Wildman–Crippen LogP) is 2.21. The van der Waals surface area contributed by atoms with E-state index in [1.165, 1.54) is 12.1 Å².